The molecule has 0 radical (unpaired) electrons. The van der Waals surface area contributed by atoms with Crippen molar-refractivity contribution in [2.24, 2.45) is 5.92 Å². The van der Waals surface area contributed by atoms with Crippen molar-refractivity contribution in [2.75, 3.05) is 0 Å². The van der Waals surface area contributed by atoms with E-state index in [9.17, 15) is 10.1 Å². The van der Waals surface area contributed by atoms with Gasteiger partial charge in [-0.1, -0.05) is 43.8 Å². The van der Waals surface area contributed by atoms with E-state index in [1.54, 1.807) is 24.9 Å². The first kappa shape index (κ1) is 18.0. The van der Waals surface area contributed by atoms with Gasteiger partial charge in [0.2, 0.25) is 11.1 Å². The molecule has 1 aromatic carbocycles. The van der Waals surface area contributed by atoms with Gasteiger partial charge < -0.3 is 5.32 Å². The summed E-state index contributed by atoms with van der Waals surface area (Å²) in [5.41, 5.74) is 0.0220. The van der Waals surface area contributed by atoms with E-state index in [2.05, 4.69) is 21.5 Å². The number of hydrogen-bond donors (Lipinski definition) is 1. The zero-order valence-corrected chi connectivity index (χ0v) is 15.0. The maximum Gasteiger partial charge on any atom is 0.234 e. The predicted octanol–water partition coefficient (Wildman–Crippen LogP) is 2.80. The fourth-order valence-corrected chi connectivity index (χ4v) is 2.60. The number of rotatable bonds is 6. The summed E-state index contributed by atoms with van der Waals surface area (Å²) >= 11 is 1.27. The molecule has 2 unspecified atom stereocenters. The van der Waals surface area contributed by atoms with Crippen LogP contribution in [0, 0.1) is 17.2 Å². The molecule has 0 aliphatic rings. The third-order valence-corrected chi connectivity index (χ3v) is 4.88. The summed E-state index contributed by atoms with van der Waals surface area (Å²) < 4.78 is 1.67. The van der Waals surface area contributed by atoms with Crippen molar-refractivity contribution < 1.29 is 4.79 Å². The van der Waals surface area contributed by atoms with Crippen molar-refractivity contribution in [3.8, 4) is 11.8 Å². The van der Waals surface area contributed by atoms with Gasteiger partial charge in [-0.05, 0) is 31.9 Å². The monoisotopic (exact) mass is 343 g/mol. The van der Waals surface area contributed by atoms with Crippen molar-refractivity contribution in [3.63, 3.8) is 0 Å². The fourth-order valence-electron chi connectivity index (χ4n) is 1.88. The molecule has 1 aromatic heterocycles. The van der Waals surface area contributed by atoms with Crippen LogP contribution in [0.15, 0.2) is 41.8 Å². The Morgan fingerprint density at radius 1 is 1.33 bits per heavy atom. The standard InChI is InChI=1S/C17H21N5OS/c1-12(2)17(4,10-18)20-15(23)13(3)24-16-19-11-22(21-16)14-8-6-5-7-9-14/h5-9,11-13H,1-4H3,(H,20,23). The van der Waals surface area contributed by atoms with Crippen LogP contribution in [-0.2, 0) is 4.79 Å². The molecule has 0 bridgehead atoms. The lowest BCUT2D eigenvalue weighted by Crippen LogP contribution is -2.51. The number of nitrogens with one attached hydrogen (secondary N) is 1. The van der Waals surface area contributed by atoms with E-state index < -0.39 is 10.8 Å². The summed E-state index contributed by atoms with van der Waals surface area (Å²) in [5, 5.41) is 16.6. The molecule has 0 aliphatic carbocycles. The summed E-state index contributed by atoms with van der Waals surface area (Å²) in [7, 11) is 0. The van der Waals surface area contributed by atoms with E-state index >= 15 is 0 Å². The number of carbonyl (C=O) groups excluding carboxylic acids is 1. The number of amides is 1. The fraction of sp³-hybridized carbons (Fsp3) is 0.412. The molecule has 0 saturated carbocycles. The van der Waals surface area contributed by atoms with Crippen LogP contribution in [0.4, 0.5) is 0 Å². The molecule has 0 spiro atoms. The third kappa shape index (κ3) is 4.15. The van der Waals surface area contributed by atoms with Crippen molar-refractivity contribution in [3.05, 3.63) is 36.7 Å². The molecule has 0 fully saturated rings. The van der Waals surface area contributed by atoms with Crippen molar-refractivity contribution >= 4 is 17.7 Å². The summed E-state index contributed by atoms with van der Waals surface area (Å²) in [6.45, 7) is 7.32. The number of nitriles is 1. The van der Waals surface area contributed by atoms with Crippen molar-refractivity contribution in [1.82, 2.24) is 20.1 Å². The minimum Gasteiger partial charge on any atom is -0.337 e. The molecule has 2 aromatic rings. The van der Waals surface area contributed by atoms with E-state index in [-0.39, 0.29) is 11.8 Å². The van der Waals surface area contributed by atoms with Gasteiger partial charge in [0.1, 0.15) is 11.9 Å². The average molecular weight is 343 g/mol. The Kier molecular flexibility index (Phi) is 5.62. The summed E-state index contributed by atoms with van der Waals surface area (Å²) in [5.74, 6) is -0.187. The molecule has 0 aliphatic heterocycles. The van der Waals surface area contributed by atoms with Gasteiger partial charge in [-0.3, -0.25) is 4.79 Å². The largest absolute Gasteiger partial charge is 0.337 e. The lowest BCUT2D eigenvalue weighted by molar-refractivity contribution is -0.121. The van der Waals surface area contributed by atoms with E-state index in [0.717, 1.165) is 5.69 Å². The zero-order chi connectivity index (χ0) is 17.7. The van der Waals surface area contributed by atoms with E-state index in [1.807, 2.05) is 44.2 Å². The zero-order valence-electron chi connectivity index (χ0n) is 14.2. The van der Waals surface area contributed by atoms with Crippen LogP contribution in [0.25, 0.3) is 5.69 Å². The number of para-hydroxylation sites is 1. The Balaban J connectivity index is 2.02. The molecule has 1 heterocycles. The van der Waals surface area contributed by atoms with Crippen molar-refractivity contribution in [2.45, 2.75) is 43.6 Å². The molecule has 1 amide bonds. The van der Waals surface area contributed by atoms with Crippen LogP contribution >= 0.6 is 11.8 Å². The van der Waals surface area contributed by atoms with Crippen molar-refractivity contribution in [1.29, 1.82) is 5.26 Å². The number of nitrogens with zero attached hydrogens (tertiary/aromatic N) is 4. The Labute approximate surface area is 146 Å². The molecule has 24 heavy (non-hydrogen) atoms. The van der Waals surface area contributed by atoms with E-state index in [4.69, 9.17) is 0 Å². The molecule has 6 nitrogen and oxygen atoms in total. The molecule has 2 atom stereocenters. The Morgan fingerprint density at radius 3 is 2.58 bits per heavy atom. The van der Waals surface area contributed by atoms with Crippen LogP contribution in [0.3, 0.4) is 0 Å². The highest BCUT2D eigenvalue weighted by molar-refractivity contribution is 8.00. The van der Waals surface area contributed by atoms with Gasteiger partial charge in [-0.2, -0.15) is 5.26 Å². The Morgan fingerprint density at radius 2 is 2.00 bits per heavy atom. The summed E-state index contributed by atoms with van der Waals surface area (Å²) in [6, 6.07) is 11.8. The quantitative estimate of drug-likeness (QED) is 0.815. The predicted molar refractivity (Wildman–Crippen MR) is 93.7 cm³/mol. The molecule has 0 saturated heterocycles. The maximum absolute atomic E-state index is 12.4. The molecule has 126 valence electrons. The van der Waals surface area contributed by atoms with E-state index in [0.29, 0.717) is 5.16 Å². The number of aromatic nitrogens is 3. The second-order valence-corrected chi connectivity index (χ2v) is 7.33. The second-order valence-electron chi connectivity index (χ2n) is 6.03. The minimum absolute atomic E-state index is 0.0130. The Hall–Kier alpha value is -2.33. The lowest BCUT2D eigenvalue weighted by Gasteiger charge is -2.28. The van der Waals surface area contributed by atoms with Gasteiger partial charge >= 0.3 is 0 Å². The number of carbonyl (C=O) groups is 1. The number of thioether (sulfide) groups is 1. The SMILES string of the molecule is CC(Sc1ncn(-c2ccccc2)n1)C(=O)NC(C)(C#N)C(C)C. The first-order valence-corrected chi connectivity index (χ1v) is 8.60. The van der Waals surface area contributed by atoms with Gasteiger partial charge in [0.05, 0.1) is 17.0 Å². The molecule has 1 N–H and O–H groups in total. The highest BCUT2D eigenvalue weighted by Crippen LogP contribution is 2.22. The Bertz CT molecular complexity index is 737. The molecule has 2 rings (SSSR count). The highest BCUT2D eigenvalue weighted by Gasteiger charge is 2.32. The van der Waals surface area contributed by atoms with Crippen LogP contribution < -0.4 is 5.32 Å². The highest BCUT2D eigenvalue weighted by atomic mass is 32.2. The number of benzene rings is 1. The smallest absolute Gasteiger partial charge is 0.234 e. The lowest BCUT2D eigenvalue weighted by atomic mass is 9.90. The van der Waals surface area contributed by atoms with Crippen LogP contribution in [0.1, 0.15) is 27.7 Å². The number of hydrogen-bond acceptors (Lipinski definition) is 5. The normalized spacial score (nSPS) is 14.7. The third-order valence-electron chi connectivity index (χ3n) is 3.91. The molecular formula is C17H21N5OS. The second kappa shape index (κ2) is 7.49. The van der Waals surface area contributed by atoms with Gasteiger partial charge in [0.15, 0.2) is 0 Å². The van der Waals surface area contributed by atoms with Gasteiger partial charge in [-0.15, -0.1) is 5.10 Å². The maximum atomic E-state index is 12.4. The van der Waals surface area contributed by atoms with Crippen LogP contribution in [-0.4, -0.2) is 31.5 Å². The molecular weight excluding hydrogens is 322 g/mol. The van der Waals surface area contributed by atoms with Gasteiger partial charge in [0.25, 0.3) is 0 Å². The van der Waals surface area contributed by atoms with E-state index in [1.165, 1.54) is 11.8 Å². The first-order valence-electron chi connectivity index (χ1n) is 7.72. The van der Waals surface area contributed by atoms with Crippen LogP contribution in [0.2, 0.25) is 0 Å². The van der Waals surface area contributed by atoms with Gasteiger partial charge in [-0.25, -0.2) is 9.67 Å². The van der Waals surface area contributed by atoms with Gasteiger partial charge in [0, 0.05) is 0 Å². The minimum atomic E-state index is -0.886. The first-order chi connectivity index (χ1) is 11.4. The topological polar surface area (TPSA) is 83.6 Å². The molecule has 7 heteroatoms. The summed E-state index contributed by atoms with van der Waals surface area (Å²) in [6.07, 6.45) is 1.62. The summed E-state index contributed by atoms with van der Waals surface area (Å²) in [4.78, 5) is 16.6. The average Bonchev–Trinajstić information content (AvgIpc) is 3.03. The van der Waals surface area contributed by atoms with Crippen LogP contribution in [0.5, 0.6) is 0 Å².